The Bertz CT molecular complexity index is 438. The minimum atomic E-state index is 0.215. The molecular formula is C16H28N4O. The topological polar surface area (TPSA) is 48.9 Å². The maximum atomic E-state index is 5.31. The van der Waals surface area contributed by atoms with E-state index in [1.165, 1.54) is 5.56 Å². The highest BCUT2D eigenvalue weighted by atomic mass is 16.5. The number of rotatable bonds is 7. The summed E-state index contributed by atoms with van der Waals surface area (Å²) in [4.78, 5) is 6.84. The summed E-state index contributed by atoms with van der Waals surface area (Å²) in [7, 11) is 5.83. The molecule has 0 saturated carbocycles. The number of ether oxygens (including phenoxy) is 1. The molecule has 1 rings (SSSR count). The van der Waals surface area contributed by atoms with E-state index in [1.54, 1.807) is 7.11 Å². The van der Waals surface area contributed by atoms with E-state index in [9.17, 15) is 0 Å². The summed E-state index contributed by atoms with van der Waals surface area (Å²) in [5, 5.41) is 6.50. The van der Waals surface area contributed by atoms with E-state index < -0.39 is 0 Å². The number of hydrogen-bond acceptors (Lipinski definition) is 3. The molecule has 0 spiro atoms. The van der Waals surface area contributed by atoms with E-state index in [0.717, 1.165) is 24.8 Å². The van der Waals surface area contributed by atoms with Crippen molar-refractivity contribution in [2.45, 2.75) is 19.9 Å². The zero-order valence-corrected chi connectivity index (χ0v) is 13.8. The van der Waals surface area contributed by atoms with E-state index in [4.69, 9.17) is 4.74 Å². The van der Waals surface area contributed by atoms with Crippen LogP contribution in [-0.4, -0.2) is 51.7 Å². The van der Waals surface area contributed by atoms with E-state index >= 15 is 0 Å². The number of guanidine groups is 1. The van der Waals surface area contributed by atoms with E-state index in [0.29, 0.717) is 6.54 Å². The summed E-state index contributed by atoms with van der Waals surface area (Å²) in [6.07, 6.45) is 0. The van der Waals surface area contributed by atoms with Gasteiger partial charge in [0.1, 0.15) is 5.75 Å². The Morgan fingerprint density at radius 2 is 1.90 bits per heavy atom. The lowest BCUT2D eigenvalue weighted by molar-refractivity contribution is 0.305. The summed E-state index contributed by atoms with van der Waals surface area (Å²) < 4.78 is 5.31. The van der Waals surface area contributed by atoms with Crippen molar-refractivity contribution in [2.75, 3.05) is 40.8 Å². The molecule has 0 heterocycles. The van der Waals surface area contributed by atoms with Crippen molar-refractivity contribution in [3.63, 3.8) is 0 Å². The van der Waals surface area contributed by atoms with E-state index in [2.05, 4.69) is 60.6 Å². The quantitative estimate of drug-likeness (QED) is 0.595. The van der Waals surface area contributed by atoms with Crippen molar-refractivity contribution >= 4 is 5.96 Å². The van der Waals surface area contributed by atoms with Crippen molar-refractivity contribution in [1.82, 2.24) is 15.5 Å². The molecule has 21 heavy (non-hydrogen) atoms. The second kappa shape index (κ2) is 9.23. The minimum absolute atomic E-state index is 0.215. The number of aliphatic imine (C=N–C) groups is 1. The van der Waals surface area contributed by atoms with Gasteiger partial charge in [-0.3, -0.25) is 4.99 Å². The molecule has 0 bridgehead atoms. The molecule has 0 fully saturated rings. The number of hydrogen-bond donors (Lipinski definition) is 2. The SMILES string of the molecule is CCNC(=NCC(c1cccc(OC)c1)N(C)C)NCC. The zero-order valence-electron chi connectivity index (χ0n) is 13.8. The van der Waals surface area contributed by atoms with E-state index in [-0.39, 0.29) is 6.04 Å². The third kappa shape index (κ3) is 5.63. The molecule has 0 aromatic heterocycles. The van der Waals surface area contributed by atoms with Crippen LogP contribution in [0.3, 0.4) is 0 Å². The minimum Gasteiger partial charge on any atom is -0.497 e. The maximum Gasteiger partial charge on any atom is 0.191 e. The first-order valence-electron chi connectivity index (χ1n) is 7.44. The molecule has 2 N–H and O–H groups in total. The van der Waals surface area contributed by atoms with Crippen molar-refractivity contribution in [1.29, 1.82) is 0 Å². The molecule has 5 nitrogen and oxygen atoms in total. The third-order valence-corrected chi connectivity index (χ3v) is 3.21. The molecule has 1 aromatic carbocycles. The van der Waals surface area contributed by atoms with Gasteiger partial charge >= 0.3 is 0 Å². The van der Waals surface area contributed by atoms with Crippen LogP contribution < -0.4 is 15.4 Å². The maximum absolute atomic E-state index is 5.31. The van der Waals surface area contributed by atoms with Gasteiger partial charge in [0.15, 0.2) is 5.96 Å². The number of benzene rings is 1. The first kappa shape index (κ1) is 17.3. The number of nitrogens with one attached hydrogen (secondary N) is 2. The highest BCUT2D eigenvalue weighted by molar-refractivity contribution is 5.79. The van der Waals surface area contributed by atoms with Crippen LogP contribution in [0.1, 0.15) is 25.5 Å². The number of likely N-dealkylation sites (N-methyl/N-ethyl adjacent to an activating group) is 1. The van der Waals surface area contributed by atoms with Crippen LogP contribution in [0.2, 0.25) is 0 Å². The van der Waals surface area contributed by atoms with Crippen LogP contribution in [0, 0.1) is 0 Å². The molecule has 118 valence electrons. The second-order valence-corrected chi connectivity index (χ2v) is 5.01. The Balaban J connectivity index is 2.88. The van der Waals surface area contributed by atoms with Gasteiger partial charge in [-0.2, -0.15) is 0 Å². The number of methoxy groups -OCH3 is 1. The van der Waals surface area contributed by atoms with Crippen LogP contribution in [0.15, 0.2) is 29.3 Å². The van der Waals surface area contributed by atoms with Crippen molar-refractivity contribution in [3.8, 4) is 5.75 Å². The Morgan fingerprint density at radius 1 is 1.24 bits per heavy atom. The van der Waals surface area contributed by atoms with Crippen molar-refractivity contribution in [3.05, 3.63) is 29.8 Å². The molecule has 1 aromatic rings. The fourth-order valence-corrected chi connectivity index (χ4v) is 2.10. The Kier molecular flexibility index (Phi) is 7.61. The van der Waals surface area contributed by atoms with Crippen molar-refractivity contribution in [2.24, 2.45) is 4.99 Å². The summed E-state index contributed by atoms with van der Waals surface area (Å²) in [6.45, 7) is 6.54. The lowest BCUT2D eigenvalue weighted by atomic mass is 10.1. The average molecular weight is 292 g/mol. The highest BCUT2D eigenvalue weighted by Crippen LogP contribution is 2.22. The molecular weight excluding hydrogens is 264 g/mol. The third-order valence-electron chi connectivity index (χ3n) is 3.21. The molecule has 0 aliphatic heterocycles. The smallest absolute Gasteiger partial charge is 0.191 e. The highest BCUT2D eigenvalue weighted by Gasteiger charge is 2.14. The lowest BCUT2D eigenvalue weighted by Gasteiger charge is -2.24. The van der Waals surface area contributed by atoms with Crippen LogP contribution in [0.5, 0.6) is 5.75 Å². The number of nitrogens with zero attached hydrogens (tertiary/aromatic N) is 2. The zero-order chi connectivity index (χ0) is 15.7. The Labute approximate surface area is 128 Å². The molecule has 5 heteroatoms. The summed E-state index contributed by atoms with van der Waals surface area (Å²) >= 11 is 0. The first-order chi connectivity index (χ1) is 10.1. The van der Waals surface area contributed by atoms with Gasteiger partial charge in [0.2, 0.25) is 0 Å². The first-order valence-corrected chi connectivity index (χ1v) is 7.44. The van der Waals surface area contributed by atoms with Gasteiger partial charge in [-0.05, 0) is 45.6 Å². The largest absolute Gasteiger partial charge is 0.497 e. The molecule has 0 amide bonds. The van der Waals surface area contributed by atoms with E-state index in [1.807, 2.05) is 12.1 Å². The van der Waals surface area contributed by atoms with Gasteiger partial charge in [-0.15, -0.1) is 0 Å². The molecule has 1 unspecified atom stereocenters. The van der Waals surface area contributed by atoms with Gasteiger partial charge in [-0.25, -0.2) is 0 Å². The lowest BCUT2D eigenvalue weighted by Crippen LogP contribution is -2.37. The van der Waals surface area contributed by atoms with Crippen LogP contribution in [0.4, 0.5) is 0 Å². The van der Waals surface area contributed by atoms with Crippen LogP contribution in [-0.2, 0) is 0 Å². The monoisotopic (exact) mass is 292 g/mol. The van der Waals surface area contributed by atoms with Crippen molar-refractivity contribution < 1.29 is 4.74 Å². The van der Waals surface area contributed by atoms with Gasteiger partial charge in [0, 0.05) is 13.1 Å². The predicted molar refractivity (Wildman–Crippen MR) is 89.1 cm³/mol. The Hall–Kier alpha value is -1.75. The fraction of sp³-hybridized carbons (Fsp3) is 0.562. The standard InChI is InChI=1S/C16H28N4O/c1-6-17-16(18-7-2)19-12-15(20(3)4)13-9-8-10-14(11-13)21-5/h8-11,15H,6-7,12H2,1-5H3,(H2,17,18,19). The fourth-order valence-electron chi connectivity index (χ4n) is 2.10. The molecule has 0 saturated heterocycles. The van der Waals surface area contributed by atoms with Crippen LogP contribution >= 0.6 is 0 Å². The average Bonchev–Trinajstić information content (AvgIpc) is 2.47. The molecule has 0 aliphatic carbocycles. The molecule has 0 radical (unpaired) electrons. The Morgan fingerprint density at radius 3 is 2.43 bits per heavy atom. The van der Waals surface area contributed by atoms with Gasteiger partial charge in [0.05, 0.1) is 19.7 Å². The molecule has 1 atom stereocenters. The second-order valence-electron chi connectivity index (χ2n) is 5.01. The molecule has 0 aliphatic rings. The van der Waals surface area contributed by atoms with Crippen LogP contribution in [0.25, 0.3) is 0 Å². The normalized spacial score (nSPS) is 11.9. The predicted octanol–water partition coefficient (Wildman–Crippen LogP) is 1.87. The van der Waals surface area contributed by atoms with Gasteiger partial charge < -0.3 is 20.3 Å². The van der Waals surface area contributed by atoms with Gasteiger partial charge in [-0.1, -0.05) is 12.1 Å². The van der Waals surface area contributed by atoms with Gasteiger partial charge in [0.25, 0.3) is 0 Å². The summed E-state index contributed by atoms with van der Waals surface area (Å²) in [5.41, 5.74) is 1.20. The summed E-state index contributed by atoms with van der Waals surface area (Å²) in [5.74, 6) is 1.73. The summed E-state index contributed by atoms with van der Waals surface area (Å²) in [6, 6.07) is 8.38.